The third-order valence-corrected chi connectivity index (χ3v) is 3.79. The van der Waals surface area contributed by atoms with Crippen LogP contribution in [0.3, 0.4) is 0 Å². The SMILES string of the molecule is CC(C)CNC(=O)c1cncc(C(=O)Nc2ccc(Cl)c(C(F)(F)F)c2)c1. The maximum atomic E-state index is 12.9. The van der Waals surface area contributed by atoms with Crippen molar-refractivity contribution in [3.05, 3.63) is 58.4 Å². The zero-order valence-corrected chi connectivity index (χ0v) is 15.3. The Morgan fingerprint density at radius 3 is 2.33 bits per heavy atom. The Morgan fingerprint density at radius 2 is 1.74 bits per heavy atom. The minimum absolute atomic E-state index is 0.0377. The van der Waals surface area contributed by atoms with Gasteiger partial charge in [0.05, 0.1) is 21.7 Å². The Labute approximate surface area is 158 Å². The Balaban J connectivity index is 2.17. The average Bonchev–Trinajstić information content (AvgIpc) is 2.60. The highest BCUT2D eigenvalue weighted by Gasteiger charge is 2.33. The summed E-state index contributed by atoms with van der Waals surface area (Å²) in [5.41, 5.74) is -0.917. The summed E-state index contributed by atoms with van der Waals surface area (Å²) in [4.78, 5) is 28.2. The lowest BCUT2D eigenvalue weighted by atomic mass is 10.1. The molecule has 0 saturated carbocycles. The van der Waals surface area contributed by atoms with Gasteiger partial charge in [-0.1, -0.05) is 25.4 Å². The topological polar surface area (TPSA) is 71.1 Å². The number of carbonyl (C=O) groups is 2. The molecule has 0 aliphatic rings. The number of halogens is 4. The summed E-state index contributed by atoms with van der Waals surface area (Å²) >= 11 is 5.55. The van der Waals surface area contributed by atoms with Crippen LogP contribution in [0.2, 0.25) is 5.02 Å². The highest BCUT2D eigenvalue weighted by atomic mass is 35.5. The highest BCUT2D eigenvalue weighted by molar-refractivity contribution is 6.31. The van der Waals surface area contributed by atoms with Gasteiger partial charge in [0.2, 0.25) is 0 Å². The first-order valence-electron chi connectivity index (χ1n) is 7.99. The van der Waals surface area contributed by atoms with E-state index >= 15 is 0 Å². The number of carbonyl (C=O) groups excluding carboxylic acids is 2. The maximum absolute atomic E-state index is 12.9. The zero-order chi connectivity index (χ0) is 20.2. The van der Waals surface area contributed by atoms with Crippen LogP contribution in [0.5, 0.6) is 0 Å². The van der Waals surface area contributed by atoms with Gasteiger partial charge in [-0.05, 0) is 30.2 Å². The molecule has 0 saturated heterocycles. The third kappa shape index (κ3) is 5.68. The standard InChI is InChI=1S/C18H17ClF3N3O2/c1-10(2)7-24-16(26)11-5-12(9-23-8-11)17(27)25-13-3-4-15(19)14(6-13)18(20,21)22/h3-6,8-10H,7H2,1-2H3,(H,24,26)(H,25,27). The van der Waals surface area contributed by atoms with Gasteiger partial charge in [-0.3, -0.25) is 14.6 Å². The van der Waals surface area contributed by atoms with Gasteiger partial charge in [0.15, 0.2) is 0 Å². The number of alkyl halides is 3. The van der Waals surface area contributed by atoms with Crippen LogP contribution in [0, 0.1) is 5.92 Å². The minimum atomic E-state index is -4.65. The molecular formula is C18H17ClF3N3O2. The smallest absolute Gasteiger partial charge is 0.352 e. The van der Waals surface area contributed by atoms with Gasteiger partial charge in [0.1, 0.15) is 0 Å². The molecule has 2 N–H and O–H groups in total. The van der Waals surface area contributed by atoms with E-state index in [1.807, 2.05) is 13.8 Å². The largest absolute Gasteiger partial charge is 0.417 e. The summed E-state index contributed by atoms with van der Waals surface area (Å²) in [6, 6.07) is 4.36. The van der Waals surface area contributed by atoms with Crippen LogP contribution in [-0.4, -0.2) is 23.3 Å². The molecule has 0 atom stereocenters. The van der Waals surface area contributed by atoms with Crippen LogP contribution in [0.15, 0.2) is 36.7 Å². The quantitative estimate of drug-likeness (QED) is 0.783. The molecule has 0 spiro atoms. The van der Waals surface area contributed by atoms with Crippen LogP contribution in [-0.2, 0) is 6.18 Å². The lowest BCUT2D eigenvalue weighted by Gasteiger charge is -2.12. The van der Waals surface area contributed by atoms with Crippen molar-refractivity contribution < 1.29 is 22.8 Å². The van der Waals surface area contributed by atoms with Gasteiger partial charge in [-0.15, -0.1) is 0 Å². The number of hydrogen-bond donors (Lipinski definition) is 2. The highest BCUT2D eigenvalue weighted by Crippen LogP contribution is 2.36. The zero-order valence-electron chi connectivity index (χ0n) is 14.5. The molecule has 0 bridgehead atoms. The van der Waals surface area contributed by atoms with E-state index in [4.69, 9.17) is 11.6 Å². The Kier molecular flexibility index (Phi) is 6.43. The monoisotopic (exact) mass is 399 g/mol. The molecule has 0 aliphatic carbocycles. The number of benzene rings is 1. The number of aromatic nitrogens is 1. The summed E-state index contributed by atoms with van der Waals surface area (Å²) in [5.74, 6) is -0.839. The number of nitrogens with one attached hydrogen (secondary N) is 2. The summed E-state index contributed by atoms with van der Waals surface area (Å²) in [6.07, 6.45) is -2.13. The summed E-state index contributed by atoms with van der Waals surface area (Å²) in [5, 5.41) is 4.57. The number of hydrogen-bond acceptors (Lipinski definition) is 3. The molecule has 0 fully saturated rings. The normalized spacial score (nSPS) is 11.4. The Morgan fingerprint density at radius 1 is 1.11 bits per heavy atom. The van der Waals surface area contributed by atoms with E-state index < -0.39 is 28.6 Å². The van der Waals surface area contributed by atoms with E-state index in [1.165, 1.54) is 24.5 Å². The first-order valence-corrected chi connectivity index (χ1v) is 8.37. The molecule has 0 unspecified atom stereocenters. The number of rotatable bonds is 5. The predicted octanol–water partition coefficient (Wildman–Crippen LogP) is 4.39. The van der Waals surface area contributed by atoms with Gasteiger partial charge in [-0.25, -0.2) is 0 Å². The molecular weight excluding hydrogens is 383 g/mol. The molecule has 144 valence electrons. The summed E-state index contributed by atoms with van der Waals surface area (Å²) < 4.78 is 38.7. The van der Waals surface area contributed by atoms with Crippen molar-refractivity contribution >= 4 is 29.1 Å². The number of anilines is 1. The second kappa shape index (κ2) is 8.39. The molecule has 2 amide bonds. The van der Waals surface area contributed by atoms with Crippen molar-refractivity contribution in [2.75, 3.05) is 11.9 Å². The predicted molar refractivity (Wildman–Crippen MR) is 95.8 cm³/mol. The molecule has 1 heterocycles. The molecule has 2 rings (SSSR count). The van der Waals surface area contributed by atoms with Crippen molar-refractivity contribution in [1.82, 2.24) is 10.3 Å². The van der Waals surface area contributed by atoms with E-state index in [0.717, 1.165) is 12.1 Å². The molecule has 1 aromatic heterocycles. The Bertz CT molecular complexity index is 854. The second-order valence-corrected chi connectivity index (χ2v) is 6.62. The van der Waals surface area contributed by atoms with Gasteiger partial charge in [-0.2, -0.15) is 13.2 Å². The summed E-state index contributed by atoms with van der Waals surface area (Å²) in [7, 11) is 0. The van der Waals surface area contributed by atoms with Crippen molar-refractivity contribution in [3.63, 3.8) is 0 Å². The average molecular weight is 400 g/mol. The van der Waals surface area contributed by atoms with E-state index in [-0.39, 0.29) is 22.7 Å². The third-order valence-electron chi connectivity index (χ3n) is 3.46. The van der Waals surface area contributed by atoms with E-state index in [2.05, 4.69) is 15.6 Å². The molecule has 9 heteroatoms. The number of nitrogens with zero attached hydrogens (tertiary/aromatic N) is 1. The number of amides is 2. The van der Waals surface area contributed by atoms with Gasteiger partial charge >= 0.3 is 6.18 Å². The number of pyridine rings is 1. The van der Waals surface area contributed by atoms with Crippen molar-refractivity contribution in [1.29, 1.82) is 0 Å². The van der Waals surface area contributed by atoms with Crippen LogP contribution in [0.1, 0.15) is 40.1 Å². The van der Waals surface area contributed by atoms with Gasteiger partial charge < -0.3 is 10.6 Å². The van der Waals surface area contributed by atoms with E-state index in [0.29, 0.717) is 6.54 Å². The van der Waals surface area contributed by atoms with E-state index in [9.17, 15) is 22.8 Å². The fourth-order valence-electron chi connectivity index (χ4n) is 2.11. The van der Waals surface area contributed by atoms with E-state index in [1.54, 1.807) is 0 Å². The van der Waals surface area contributed by atoms with Gasteiger partial charge in [0, 0.05) is 24.6 Å². The molecule has 2 aromatic rings. The maximum Gasteiger partial charge on any atom is 0.417 e. The lowest BCUT2D eigenvalue weighted by molar-refractivity contribution is -0.137. The van der Waals surface area contributed by atoms with Crippen LogP contribution in [0.25, 0.3) is 0 Å². The van der Waals surface area contributed by atoms with Crippen LogP contribution < -0.4 is 10.6 Å². The van der Waals surface area contributed by atoms with Crippen molar-refractivity contribution in [2.45, 2.75) is 20.0 Å². The van der Waals surface area contributed by atoms with Crippen molar-refractivity contribution in [3.8, 4) is 0 Å². The molecule has 27 heavy (non-hydrogen) atoms. The molecule has 5 nitrogen and oxygen atoms in total. The van der Waals surface area contributed by atoms with Crippen LogP contribution in [0.4, 0.5) is 18.9 Å². The lowest BCUT2D eigenvalue weighted by Crippen LogP contribution is -2.27. The Hall–Kier alpha value is -2.61. The van der Waals surface area contributed by atoms with Crippen LogP contribution >= 0.6 is 11.6 Å². The first kappa shape index (κ1) is 20.7. The fourth-order valence-corrected chi connectivity index (χ4v) is 2.34. The van der Waals surface area contributed by atoms with Crippen molar-refractivity contribution in [2.24, 2.45) is 5.92 Å². The minimum Gasteiger partial charge on any atom is -0.352 e. The van der Waals surface area contributed by atoms with Gasteiger partial charge in [0.25, 0.3) is 11.8 Å². The molecule has 0 radical (unpaired) electrons. The second-order valence-electron chi connectivity index (χ2n) is 6.21. The molecule has 0 aliphatic heterocycles. The first-order chi connectivity index (χ1) is 12.6. The molecule has 1 aromatic carbocycles. The fraction of sp³-hybridized carbons (Fsp3) is 0.278. The summed E-state index contributed by atoms with van der Waals surface area (Å²) in [6.45, 7) is 4.33.